The summed E-state index contributed by atoms with van der Waals surface area (Å²) in [5.41, 5.74) is 0.951. The summed E-state index contributed by atoms with van der Waals surface area (Å²) >= 11 is 0. The number of benzene rings is 1. The third-order valence-corrected chi connectivity index (χ3v) is 2.39. The molecule has 0 spiro atoms. The third-order valence-electron chi connectivity index (χ3n) is 2.39. The van der Waals surface area contributed by atoms with Crippen molar-refractivity contribution in [2.24, 2.45) is 7.05 Å². The number of aromatic nitrogens is 3. The lowest BCUT2D eigenvalue weighted by Gasteiger charge is -2.05. The molecule has 0 atom stereocenters. The van der Waals surface area contributed by atoms with E-state index in [4.69, 9.17) is 9.84 Å². The van der Waals surface area contributed by atoms with Gasteiger partial charge in [-0.05, 0) is 12.1 Å². The first-order valence-corrected chi connectivity index (χ1v) is 4.91. The Balaban J connectivity index is 2.65. The minimum absolute atomic E-state index is 0.0366. The smallest absolute Gasteiger partial charge is 0.356 e. The average molecular weight is 233 g/mol. The molecule has 1 heterocycles. The van der Waals surface area contributed by atoms with Crippen LogP contribution >= 0.6 is 0 Å². The Morgan fingerprint density at radius 1 is 1.41 bits per heavy atom. The van der Waals surface area contributed by atoms with Gasteiger partial charge in [0.1, 0.15) is 11.4 Å². The van der Waals surface area contributed by atoms with E-state index in [-0.39, 0.29) is 5.69 Å². The number of carbonyl (C=O) groups is 1. The third kappa shape index (κ3) is 1.84. The van der Waals surface area contributed by atoms with E-state index in [0.29, 0.717) is 17.0 Å². The van der Waals surface area contributed by atoms with E-state index in [1.807, 2.05) is 0 Å². The number of para-hydroxylation sites is 1. The molecule has 6 heteroatoms. The van der Waals surface area contributed by atoms with E-state index in [9.17, 15) is 4.79 Å². The number of aryl methyl sites for hydroxylation is 1. The second kappa shape index (κ2) is 4.25. The fourth-order valence-corrected chi connectivity index (χ4v) is 1.62. The molecule has 1 aromatic carbocycles. The van der Waals surface area contributed by atoms with Crippen LogP contribution in [0.2, 0.25) is 0 Å². The zero-order chi connectivity index (χ0) is 12.4. The zero-order valence-corrected chi connectivity index (χ0v) is 9.41. The summed E-state index contributed by atoms with van der Waals surface area (Å²) < 4.78 is 6.40. The van der Waals surface area contributed by atoms with Crippen LogP contribution in [0.15, 0.2) is 24.3 Å². The van der Waals surface area contributed by atoms with Gasteiger partial charge in [-0.15, -0.1) is 5.10 Å². The van der Waals surface area contributed by atoms with Gasteiger partial charge in [0.2, 0.25) is 0 Å². The minimum atomic E-state index is -1.07. The van der Waals surface area contributed by atoms with E-state index in [1.54, 1.807) is 24.3 Å². The predicted octanol–water partition coefficient (Wildman–Crippen LogP) is 1.19. The molecule has 0 fully saturated rings. The first-order chi connectivity index (χ1) is 8.15. The second-order valence-electron chi connectivity index (χ2n) is 3.42. The summed E-state index contributed by atoms with van der Waals surface area (Å²) in [5, 5.41) is 16.7. The number of ether oxygens (including phenoxy) is 1. The molecule has 0 amide bonds. The Bertz CT molecular complexity index is 563. The molecule has 0 radical (unpaired) electrons. The molecular formula is C11H11N3O3. The molecule has 2 rings (SSSR count). The van der Waals surface area contributed by atoms with Crippen molar-refractivity contribution in [3.63, 3.8) is 0 Å². The first kappa shape index (κ1) is 11.1. The van der Waals surface area contributed by atoms with Crippen LogP contribution in [0.4, 0.5) is 0 Å². The summed E-state index contributed by atoms with van der Waals surface area (Å²) in [6.45, 7) is 0. The van der Waals surface area contributed by atoms with Gasteiger partial charge >= 0.3 is 5.97 Å². The molecule has 2 aromatic rings. The van der Waals surface area contributed by atoms with Gasteiger partial charge in [0.05, 0.1) is 7.11 Å². The highest BCUT2D eigenvalue weighted by atomic mass is 16.5. The van der Waals surface area contributed by atoms with Gasteiger partial charge in [0, 0.05) is 12.6 Å². The van der Waals surface area contributed by atoms with Crippen molar-refractivity contribution in [3.8, 4) is 17.0 Å². The maximum atomic E-state index is 11.1. The van der Waals surface area contributed by atoms with Crippen LogP contribution in [-0.4, -0.2) is 33.2 Å². The molecule has 0 aliphatic carbocycles. The number of rotatable bonds is 3. The molecule has 0 aliphatic heterocycles. The lowest BCUT2D eigenvalue weighted by molar-refractivity contribution is 0.0686. The van der Waals surface area contributed by atoms with Crippen molar-refractivity contribution < 1.29 is 14.6 Å². The minimum Gasteiger partial charge on any atom is -0.496 e. The van der Waals surface area contributed by atoms with Crippen molar-refractivity contribution in [3.05, 3.63) is 30.0 Å². The monoisotopic (exact) mass is 233 g/mol. The maximum Gasteiger partial charge on any atom is 0.356 e. The Labute approximate surface area is 97.4 Å². The lowest BCUT2D eigenvalue weighted by atomic mass is 10.1. The topological polar surface area (TPSA) is 77.2 Å². The molecular weight excluding hydrogens is 222 g/mol. The van der Waals surface area contributed by atoms with Gasteiger partial charge in [-0.25, -0.2) is 9.48 Å². The number of nitrogens with zero attached hydrogens (tertiary/aromatic N) is 3. The summed E-state index contributed by atoms with van der Waals surface area (Å²) in [4.78, 5) is 11.1. The Morgan fingerprint density at radius 2 is 2.12 bits per heavy atom. The van der Waals surface area contributed by atoms with Crippen LogP contribution in [0.5, 0.6) is 5.75 Å². The van der Waals surface area contributed by atoms with Crippen molar-refractivity contribution in [1.82, 2.24) is 15.0 Å². The van der Waals surface area contributed by atoms with Crippen LogP contribution in [-0.2, 0) is 7.05 Å². The van der Waals surface area contributed by atoms with E-state index in [1.165, 1.54) is 18.8 Å². The fourth-order valence-electron chi connectivity index (χ4n) is 1.62. The normalized spacial score (nSPS) is 10.2. The predicted molar refractivity (Wildman–Crippen MR) is 60.0 cm³/mol. The molecule has 0 bridgehead atoms. The first-order valence-electron chi connectivity index (χ1n) is 4.91. The van der Waals surface area contributed by atoms with Gasteiger partial charge in [-0.2, -0.15) is 0 Å². The van der Waals surface area contributed by atoms with E-state index < -0.39 is 5.97 Å². The van der Waals surface area contributed by atoms with Crippen molar-refractivity contribution in [1.29, 1.82) is 0 Å². The van der Waals surface area contributed by atoms with Crippen molar-refractivity contribution >= 4 is 5.97 Å². The van der Waals surface area contributed by atoms with Crippen LogP contribution in [0.1, 0.15) is 10.5 Å². The largest absolute Gasteiger partial charge is 0.496 e. The van der Waals surface area contributed by atoms with Gasteiger partial charge in [0.15, 0.2) is 5.69 Å². The van der Waals surface area contributed by atoms with Gasteiger partial charge in [0.25, 0.3) is 0 Å². The Morgan fingerprint density at radius 3 is 2.76 bits per heavy atom. The van der Waals surface area contributed by atoms with Crippen LogP contribution < -0.4 is 4.74 Å². The highest BCUT2D eigenvalue weighted by molar-refractivity contribution is 5.93. The van der Waals surface area contributed by atoms with Crippen molar-refractivity contribution in [2.75, 3.05) is 7.11 Å². The number of hydrogen-bond acceptors (Lipinski definition) is 4. The van der Waals surface area contributed by atoms with Crippen LogP contribution in [0, 0.1) is 0 Å². The number of methoxy groups -OCH3 is 1. The number of aromatic carboxylic acids is 1. The quantitative estimate of drug-likeness (QED) is 0.861. The summed E-state index contributed by atoms with van der Waals surface area (Å²) in [6, 6.07) is 7.09. The number of carboxylic acids is 1. The molecule has 88 valence electrons. The molecule has 1 aromatic heterocycles. The second-order valence-corrected chi connectivity index (χ2v) is 3.42. The van der Waals surface area contributed by atoms with E-state index in [0.717, 1.165) is 0 Å². The molecule has 0 saturated carbocycles. The average Bonchev–Trinajstić information content (AvgIpc) is 2.71. The summed E-state index contributed by atoms with van der Waals surface area (Å²) in [7, 11) is 3.06. The maximum absolute atomic E-state index is 11.1. The fraction of sp³-hybridized carbons (Fsp3) is 0.182. The molecule has 17 heavy (non-hydrogen) atoms. The molecule has 0 aliphatic rings. The number of hydrogen-bond donors (Lipinski definition) is 1. The van der Waals surface area contributed by atoms with E-state index >= 15 is 0 Å². The van der Waals surface area contributed by atoms with E-state index in [2.05, 4.69) is 10.3 Å². The van der Waals surface area contributed by atoms with Gasteiger partial charge in [-0.1, -0.05) is 17.3 Å². The van der Waals surface area contributed by atoms with Crippen LogP contribution in [0.3, 0.4) is 0 Å². The Kier molecular flexibility index (Phi) is 2.78. The van der Waals surface area contributed by atoms with Crippen LogP contribution in [0.25, 0.3) is 11.3 Å². The molecule has 1 N–H and O–H groups in total. The van der Waals surface area contributed by atoms with Gasteiger partial charge < -0.3 is 9.84 Å². The molecule has 6 nitrogen and oxygen atoms in total. The summed E-state index contributed by atoms with van der Waals surface area (Å²) in [5.74, 6) is -0.506. The molecule has 0 saturated heterocycles. The standard InChI is InChI=1S/C11H11N3O3/c1-14-10(11(15)16)9(12-13-14)7-5-3-4-6-8(7)17-2/h3-6H,1-2H3,(H,15,16). The van der Waals surface area contributed by atoms with Crippen molar-refractivity contribution in [2.45, 2.75) is 0 Å². The highest BCUT2D eigenvalue weighted by Gasteiger charge is 2.21. The zero-order valence-electron chi connectivity index (χ0n) is 9.41. The van der Waals surface area contributed by atoms with Gasteiger partial charge in [-0.3, -0.25) is 0 Å². The SMILES string of the molecule is COc1ccccc1-c1nnn(C)c1C(=O)O. The lowest BCUT2D eigenvalue weighted by Crippen LogP contribution is -2.07. The molecule has 0 unspecified atom stereocenters. The summed E-state index contributed by atoms with van der Waals surface area (Å²) in [6.07, 6.45) is 0. The number of carboxylic acid groups (broad SMARTS) is 1. The highest BCUT2D eigenvalue weighted by Crippen LogP contribution is 2.29. The Hall–Kier alpha value is -2.37.